The highest BCUT2D eigenvalue weighted by molar-refractivity contribution is 6.22. The fraction of sp³-hybridized carbons (Fsp3) is 0.353. The fourth-order valence-electron chi connectivity index (χ4n) is 5.00. The number of benzene rings is 3. The van der Waals surface area contributed by atoms with Crippen LogP contribution in [0.5, 0.6) is 5.75 Å². The first-order valence-electron chi connectivity index (χ1n) is 14.3. The van der Waals surface area contributed by atoms with E-state index in [0.29, 0.717) is 23.4 Å². The van der Waals surface area contributed by atoms with Gasteiger partial charge in [0.2, 0.25) is 0 Å². The van der Waals surface area contributed by atoms with Gasteiger partial charge in [-0.2, -0.15) is 5.26 Å². The Kier molecular flexibility index (Phi) is 10.2. The Morgan fingerprint density at radius 2 is 1.27 bits per heavy atom. The number of esters is 1. The van der Waals surface area contributed by atoms with Crippen molar-refractivity contribution in [3.63, 3.8) is 0 Å². The van der Waals surface area contributed by atoms with Crippen LogP contribution in [0.3, 0.4) is 0 Å². The summed E-state index contributed by atoms with van der Waals surface area (Å²) in [6, 6.07) is 20.9. The van der Waals surface area contributed by atoms with Crippen LogP contribution in [-0.4, -0.2) is 29.2 Å². The van der Waals surface area contributed by atoms with Gasteiger partial charge in [0.05, 0.1) is 28.3 Å². The molecule has 0 aromatic heterocycles. The zero-order valence-corrected chi connectivity index (χ0v) is 23.2. The van der Waals surface area contributed by atoms with Gasteiger partial charge in [0, 0.05) is 6.54 Å². The Morgan fingerprint density at radius 3 is 1.88 bits per heavy atom. The van der Waals surface area contributed by atoms with Crippen molar-refractivity contribution in [1.29, 1.82) is 5.26 Å². The standard InChI is InChI=1S/C34H36N2O4/c1-2-3-4-5-6-7-8-9-10-11-22-36-32(37)30-21-18-28(23-31(30)33(36)38)34(39)40-29-19-16-27(17-20-29)26-14-12-25(24-35)13-15-26/h12-21,23H,2-11,22H2,1H3. The highest BCUT2D eigenvalue weighted by atomic mass is 16.5. The third-order valence-corrected chi connectivity index (χ3v) is 7.35. The van der Waals surface area contributed by atoms with Crippen LogP contribution in [0.25, 0.3) is 11.1 Å². The molecule has 2 amide bonds. The summed E-state index contributed by atoms with van der Waals surface area (Å²) in [4.78, 5) is 39.9. The SMILES string of the molecule is CCCCCCCCCCCCN1C(=O)c2ccc(C(=O)Oc3ccc(-c4ccc(C#N)cc4)cc3)cc2C1=O. The molecule has 0 atom stereocenters. The lowest BCUT2D eigenvalue weighted by Crippen LogP contribution is -2.30. The van der Waals surface area contributed by atoms with Crippen LogP contribution < -0.4 is 4.74 Å². The molecule has 6 nitrogen and oxygen atoms in total. The molecule has 3 aromatic carbocycles. The van der Waals surface area contributed by atoms with Gasteiger partial charge < -0.3 is 4.74 Å². The second-order valence-corrected chi connectivity index (χ2v) is 10.3. The maximum Gasteiger partial charge on any atom is 0.343 e. The minimum atomic E-state index is -0.595. The van der Waals surface area contributed by atoms with Crippen LogP contribution in [0, 0.1) is 11.3 Å². The minimum absolute atomic E-state index is 0.219. The minimum Gasteiger partial charge on any atom is -0.423 e. The first-order valence-corrected chi connectivity index (χ1v) is 14.3. The molecule has 0 aliphatic carbocycles. The molecule has 0 radical (unpaired) electrons. The predicted octanol–water partition coefficient (Wildman–Crippen LogP) is 7.96. The number of nitriles is 1. The molecule has 1 aliphatic rings. The van der Waals surface area contributed by atoms with Gasteiger partial charge in [-0.15, -0.1) is 0 Å². The van der Waals surface area contributed by atoms with Crippen molar-refractivity contribution >= 4 is 17.8 Å². The topological polar surface area (TPSA) is 87.5 Å². The van der Waals surface area contributed by atoms with E-state index in [2.05, 4.69) is 13.0 Å². The summed E-state index contributed by atoms with van der Waals surface area (Å²) in [6.07, 6.45) is 11.8. The number of carbonyl (C=O) groups excluding carboxylic acids is 3. The largest absolute Gasteiger partial charge is 0.423 e. The molecule has 0 fully saturated rings. The van der Waals surface area contributed by atoms with Crippen LogP contribution in [-0.2, 0) is 0 Å². The molecule has 4 rings (SSSR count). The molecular formula is C34H36N2O4. The van der Waals surface area contributed by atoms with E-state index >= 15 is 0 Å². The van der Waals surface area contributed by atoms with Crippen LogP contribution in [0.1, 0.15) is 108 Å². The van der Waals surface area contributed by atoms with Crippen LogP contribution in [0.15, 0.2) is 66.7 Å². The summed E-state index contributed by atoms with van der Waals surface area (Å²) >= 11 is 0. The number of nitrogens with zero attached hydrogens (tertiary/aromatic N) is 2. The molecule has 0 unspecified atom stereocenters. The predicted molar refractivity (Wildman–Crippen MR) is 155 cm³/mol. The number of hydrogen-bond acceptors (Lipinski definition) is 5. The van der Waals surface area contributed by atoms with Crippen LogP contribution >= 0.6 is 0 Å². The first kappa shape index (κ1) is 28.8. The van der Waals surface area contributed by atoms with Gasteiger partial charge in [-0.05, 0) is 60.0 Å². The second kappa shape index (κ2) is 14.2. The molecule has 0 saturated heterocycles. The van der Waals surface area contributed by atoms with E-state index in [1.165, 1.54) is 62.0 Å². The van der Waals surface area contributed by atoms with E-state index in [1.54, 1.807) is 30.3 Å². The van der Waals surface area contributed by atoms with Gasteiger partial charge in [-0.1, -0.05) is 89.0 Å². The van der Waals surface area contributed by atoms with Gasteiger partial charge in [0.15, 0.2) is 0 Å². The average Bonchev–Trinajstić information content (AvgIpc) is 3.22. The maximum atomic E-state index is 13.0. The molecule has 6 heteroatoms. The third kappa shape index (κ3) is 7.24. The summed E-state index contributed by atoms with van der Waals surface area (Å²) in [5.41, 5.74) is 3.26. The number of hydrogen-bond donors (Lipinski definition) is 0. The normalized spacial score (nSPS) is 12.3. The van der Waals surface area contributed by atoms with Crippen LogP contribution in [0.2, 0.25) is 0 Å². The van der Waals surface area contributed by atoms with Crippen molar-refractivity contribution in [3.05, 3.63) is 89.0 Å². The summed E-state index contributed by atoms with van der Waals surface area (Å²) in [5.74, 6) is -0.873. The van der Waals surface area contributed by atoms with Crippen molar-refractivity contribution in [2.45, 2.75) is 71.1 Å². The zero-order valence-electron chi connectivity index (χ0n) is 23.2. The number of imide groups is 1. The van der Waals surface area contributed by atoms with Crippen molar-refractivity contribution in [3.8, 4) is 22.9 Å². The Hall–Kier alpha value is -4.24. The van der Waals surface area contributed by atoms with Crippen molar-refractivity contribution in [1.82, 2.24) is 4.90 Å². The smallest absolute Gasteiger partial charge is 0.343 e. The molecule has 0 bridgehead atoms. The maximum absolute atomic E-state index is 13.0. The molecule has 0 N–H and O–H groups in total. The molecule has 0 saturated carbocycles. The van der Waals surface area contributed by atoms with E-state index in [1.807, 2.05) is 24.3 Å². The molecule has 3 aromatic rings. The number of amides is 2. The quantitative estimate of drug-likeness (QED) is 0.0902. The highest BCUT2D eigenvalue weighted by Crippen LogP contribution is 2.27. The van der Waals surface area contributed by atoms with E-state index in [4.69, 9.17) is 10.00 Å². The second-order valence-electron chi connectivity index (χ2n) is 10.3. The van der Waals surface area contributed by atoms with E-state index in [-0.39, 0.29) is 22.9 Å². The van der Waals surface area contributed by atoms with Gasteiger partial charge in [0.1, 0.15) is 5.75 Å². The highest BCUT2D eigenvalue weighted by Gasteiger charge is 2.35. The molecule has 206 valence electrons. The van der Waals surface area contributed by atoms with Crippen molar-refractivity contribution < 1.29 is 19.1 Å². The Labute approximate surface area is 236 Å². The summed E-state index contributed by atoms with van der Waals surface area (Å²) in [6.45, 7) is 2.62. The summed E-state index contributed by atoms with van der Waals surface area (Å²) in [5, 5.41) is 8.96. The third-order valence-electron chi connectivity index (χ3n) is 7.35. The lowest BCUT2D eigenvalue weighted by atomic mass is 10.0. The lowest BCUT2D eigenvalue weighted by molar-refractivity contribution is 0.0650. The van der Waals surface area contributed by atoms with E-state index in [0.717, 1.165) is 30.4 Å². The average molecular weight is 537 g/mol. The molecular weight excluding hydrogens is 500 g/mol. The lowest BCUT2D eigenvalue weighted by Gasteiger charge is -2.13. The fourth-order valence-corrected chi connectivity index (χ4v) is 5.00. The zero-order chi connectivity index (χ0) is 28.3. The molecule has 0 spiro atoms. The Balaban J connectivity index is 1.27. The number of carbonyl (C=O) groups is 3. The van der Waals surface area contributed by atoms with Crippen molar-refractivity contribution in [2.75, 3.05) is 6.54 Å². The number of unbranched alkanes of at least 4 members (excludes halogenated alkanes) is 9. The van der Waals surface area contributed by atoms with E-state index < -0.39 is 5.97 Å². The number of fused-ring (bicyclic) bond motifs is 1. The van der Waals surface area contributed by atoms with Gasteiger partial charge in [-0.3, -0.25) is 14.5 Å². The summed E-state index contributed by atoms with van der Waals surface area (Å²) in [7, 11) is 0. The molecule has 1 heterocycles. The molecule has 40 heavy (non-hydrogen) atoms. The number of ether oxygens (including phenoxy) is 1. The molecule has 1 aliphatic heterocycles. The monoisotopic (exact) mass is 536 g/mol. The van der Waals surface area contributed by atoms with Crippen LogP contribution in [0.4, 0.5) is 0 Å². The van der Waals surface area contributed by atoms with Gasteiger partial charge in [0.25, 0.3) is 11.8 Å². The number of rotatable bonds is 14. The Morgan fingerprint density at radius 1 is 0.725 bits per heavy atom. The van der Waals surface area contributed by atoms with Gasteiger partial charge in [-0.25, -0.2) is 4.79 Å². The van der Waals surface area contributed by atoms with Gasteiger partial charge >= 0.3 is 5.97 Å². The summed E-state index contributed by atoms with van der Waals surface area (Å²) < 4.78 is 5.52. The Bertz CT molecular complexity index is 1370. The first-order chi connectivity index (χ1) is 19.5. The van der Waals surface area contributed by atoms with E-state index in [9.17, 15) is 14.4 Å². The van der Waals surface area contributed by atoms with Crippen molar-refractivity contribution in [2.24, 2.45) is 0 Å².